The first-order valence-corrected chi connectivity index (χ1v) is 8.93. The molecule has 2 aromatic rings. The molecule has 2 N–H and O–H groups in total. The van der Waals surface area contributed by atoms with Gasteiger partial charge in [0, 0.05) is 29.8 Å². The van der Waals surface area contributed by atoms with Gasteiger partial charge in [-0.3, -0.25) is 4.79 Å². The highest BCUT2D eigenvalue weighted by atomic mass is 16.3. The number of carbonyl (C=O) groups is 1. The standard InChI is InChI=1S/C20H23N3O2/c1-13-5-9-16(10-6-13)23-18-4-2-3-17(18)19(22-23)20(25)21-15-8-7-14(11-15)12-24/h5-10,14-15,24H,2-4,11-12H2,1H3,(H,21,25)/t14-,15+/m0/s1. The molecular weight excluding hydrogens is 314 g/mol. The van der Waals surface area contributed by atoms with Gasteiger partial charge >= 0.3 is 0 Å². The second kappa shape index (κ2) is 6.48. The van der Waals surface area contributed by atoms with Gasteiger partial charge in [-0.05, 0) is 44.7 Å². The van der Waals surface area contributed by atoms with Gasteiger partial charge in [-0.2, -0.15) is 5.10 Å². The summed E-state index contributed by atoms with van der Waals surface area (Å²) < 4.78 is 1.93. The van der Waals surface area contributed by atoms with Crippen molar-refractivity contribution < 1.29 is 9.90 Å². The normalized spacial score (nSPS) is 21.5. The number of hydrogen-bond acceptors (Lipinski definition) is 3. The first-order chi connectivity index (χ1) is 12.2. The summed E-state index contributed by atoms with van der Waals surface area (Å²) in [6, 6.07) is 8.21. The Morgan fingerprint density at radius 1 is 1.28 bits per heavy atom. The lowest BCUT2D eigenvalue weighted by atomic mass is 10.1. The Hall–Kier alpha value is -2.40. The van der Waals surface area contributed by atoms with Crippen molar-refractivity contribution in [2.75, 3.05) is 6.61 Å². The fraction of sp³-hybridized carbons (Fsp3) is 0.400. The molecule has 130 valence electrons. The van der Waals surface area contributed by atoms with Crippen molar-refractivity contribution >= 4 is 5.91 Å². The first-order valence-electron chi connectivity index (χ1n) is 8.93. The molecule has 1 heterocycles. The van der Waals surface area contributed by atoms with Gasteiger partial charge in [-0.1, -0.05) is 29.8 Å². The number of nitrogens with zero attached hydrogens (tertiary/aromatic N) is 2. The third-order valence-corrected chi connectivity index (χ3v) is 5.15. The van der Waals surface area contributed by atoms with Gasteiger partial charge in [0.15, 0.2) is 5.69 Å². The number of benzene rings is 1. The molecule has 0 saturated heterocycles. The van der Waals surface area contributed by atoms with Crippen LogP contribution in [0.15, 0.2) is 36.4 Å². The number of aryl methyl sites for hydroxylation is 1. The van der Waals surface area contributed by atoms with E-state index in [2.05, 4.69) is 29.5 Å². The molecule has 0 unspecified atom stereocenters. The van der Waals surface area contributed by atoms with Gasteiger partial charge in [0.05, 0.1) is 5.69 Å². The molecule has 1 amide bonds. The predicted octanol–water partition coefficient (Wildman–Crippen LogP) is 2.34. The van der Waals surface area contributed by atoms with Crippen LogP contribution in [0, 0.1) is 12.8 Å². The van der Waals surface area contributed by atoms with E-state index < -0.39 is 0 Å². The van der Waals surface area contributed by atoms with Crippen LogP contribution in [0.1, 0.15) is 40.2 Å². The second-order valence-electron chi connectivity index (χ2n) is 7.02. The van der Waals surface area contributed by atoms with Gasteiger partial charge in [0.25, 0.3) is 5.91 Å². The second-order valence-corrected chi connectivity index (χ2v) is 7.02. The Morgan fingerprint density at radius 2 is 2.08 bits per heavy atom. The fourth-order valence-electron chi connectivity index (χ4n) is 3.77. The number of nitrogens with one attached hydrogen (secondary N) is 1. The number of hydrogen-bond donors (Lipinski definition) is 2. The van der Waals surface area contributed by atoms with Gasteiger partial charge in [0.1, 0.15) is 0 Å². The van der Waals surface area contributed by atoms with E-state index in [0.29, 0.717) is 5.69 Å². The molecule has 0 fully saturated rings. The minimum atomic E-state index is -0.114. The van der Waals surface area contributed by atoms with Gasteiger partial charge in [0.2, 0.25) is 0 Å². The van der Waals surface area contributed by atoms with E-state index >= 15 is 0 Å². The molecule has 5 nitrogen and oxygen atoms in total. The molecule has 25 heavy (non-hydrogen) atoms. The SMILES string of the molecule is Cc1ccc(-n2nc(C(=O)N[C@@H]3C=C[C@H](CO)C3)c3c2CCC3)cc1. The summed E-state index contributed by atoms with van der Waals surface area (Å²) in [4.78, 5) is 12.8. The van der Waals surface area contributed by atoms with Crippen LogP contribution < -0.4 is 5.32 Å². The zero-order chi connectivity index (χ0) is 17.4. The van der Waals surface area contributed by atoms with E-state index in [4.69, 9.17) is 0 Å². The third kappa shape index (κ3) is 3.00. The number of fused-ring (bicyclic) bond motifs is 1. The summed E-state index contributed by atoms with van der Waals surface area (Å²) in [6.45, 7) is 2.19. The molecule has 2 atom stereocenters. The zero-order valence-corrected chi connectivity index (χ0v) is 14.4. The van der Waals surface area contributed by atoms with Crippen LogP contribution in [0.25, 0.3) is 5.69 Å². The average Bonchev–Trinajstić information content (AvgIpc) is 3.31. The van der Waals surface area contributed by atoms with Crippen molar-refractivity contribution in [2.45, 2.75) is 38.6 Å². The summed E-state index contributed by atoms with van der Waals surface area (Å²) in [7, 11) is 0. The number of aliphatic hydroxyl groups is 1. The molecule has 0 bridgehead atoms. The molecular formula is C20H23N3O2. The van der Waals surface area contributed by atoms with Crippen LogP contribution in [0.2, 0.25) is 0 Å². The van der Waals surface area contributed by atoms with Gasteiger partial charge in [-0.25, -0.2) is 4.68 Å². The van der Waals surface area contributed by atoms with Crippen LogP contribution in [-0.2, 0) is 12.8 Å². The number of amides is 1. The molecule has 2 aliphatic rings. The quantitative estimate of drug-likeness (QED) is 0.842. The van der Waals surface area contributed by atoms with Gasteiger partial charge in [-0.15, -0.1) is 0 Å². The monoisotopic (exact) mass is 337 g/mol. The minimum absolute atomic E-state index is 0.0220. The van der Waals surface area contributed by atoms with E-state index in [0.717, 1.165) is 42.6 Å². The Kier molecular flexibility index (Phi) is 4.17. The van der Waals surface area contributed by atoms with Crippen molar-refractivity contribution in [2.24, 2.45) is 5.92 Å². The maximum absolute atomic E-state index is 12.8. The number of carbonyl (C=O) groups excluding carboxylic acids is 1. The number of rotatable bonds is 4. The lowest BCUT2D eigenvalue weighted by Gasteiger charge is -2.12. The minimum Gasteiger partial charge on any atom is -0.396 e. The highest BCUT2D eigenvalue weighted by molar-refractivity contribution is 5.94. The van der Waals surface area contributed by atoms with E-state index in [1.54, 1.807) is 0 Å². The predicted molar refractivity (Wildman–Crippen MR) is 95.9 cm³/mol. The van der Waals surface area contributed by atoms with Crippen molar-refractivity contribution in [3.05, 3.63) is 58.9 Å². The van der Waals surface area contributed by atoms with Crippen LogP contribution >= 0.6 is 0 Å². The summed E-state index contributed by atoms with van der Waals surface area (Å²) in [5.41, 5.74) is 5.00. The molecule has 4 rings (SSSR count). The molecule has 0 spiro atoms. The van der Waals surface area contributed by atoms with E-state index in [9.17, 15) is 9.90 Å². The highest BCUT2D eigenvalue weighted by Crippen LogP contribution is 2.28. The van der Waals surface area contributed by atoms with Gasteiger partial charge < -0.3 is 10.4 Å². The Balaban J connectivity index is 1.60. The molecule has 1 aromatic heterocycles. The summed E-state index contributed by atoms with van der Waals surface area (Å²) in [5.74, 6) is 0.0263. The maximum Gasteiger partial charge on any atom is 0.272 e. The molecule has 0 radical (unpaired) electrons. The summed E-state index contributed by atoms with van der Waals surface area (Å²) in [5, 5.41) is 16.9. The number of aliphatic hydroxyl groups excluding tert-OH is 1. The number of aromatic nitrogens is 2. The lowest BCUT2D eigenvalue weighted by Crippen LogP contribution is -2.33. The average molecular weight is 337 g/mol. The van der Waals surface area contributed by atoms with E-state index in [-0.39, 0.29) is 24.5 Å². The molecule has 5 heteroatoms. The van der Waals surface area contributed by atoms with E-state index in [1.807, 2.05) is 29.0 Å². The molecule has 1 aromatic carbocycles. The Bertz CT molecular complexity index is 820. The topological polar surface area (TPSA) is 67.2 Å². The smallest absolute Gasteiger partial charge is 0.272 e. The molecule has 0 aliphatic heterocycles. The largest absolute Gasteiger partial charge is 0.396 e. The van der Waals surface area contributed by atoms with Crippen molar-refractivity contribution in [1.29, 1.82) is 0 Å². The fourth-order valence-corrected chi connectivity index (χ4v) is 3.77. The van der Waals surface area contributed by atoms with Crippen molar-refractivity contribution in [3.8, 4) is 5.69 Å². The van der Waals surface area contributed by atoms with Crippen molar-refractivity contribution in [1.82, 2.24) is 15.1 Å². The van der Waals surface area contributed by atoms with Crippen LogP contribution in [0.3, 0.4) is 0 Å². The first kappa shape index (κ1) is 16.1. The summed E-state index contributed by atoms with van der Waals surface area (Å²) in [6.07, 6.45) is 7.62. The van der Waals surface area contributed by atoms with Crippen LogP contribution in [0.4, 0.5) is 0 Å². The Labute approximate surface area is 147 Å². The van der Waals surface area contributed by atoms with Crippen molar-refractivity contribution in [3.63, 3.8) is 0 Å². The Morgan fingerprint density at radius 3 is 2.80 bits per heavy atom. The van der Waals surface area contributed by atoms with Crippen LogP contribution in [-0.4, -0.2) is 33.4 Å². The van der Waals surface area contributed by atoms with E-state index in [1.165, 1.54) is 5.56 Å². The molecule has 0 saturated carbocycles. The highest BCUT2D eigenvalue weighted by Gasteiger charge is 2.28. The van der Waals surface area contributed by atoms with Crippen LogP contribution in [0.5, 0.6) is 0 Å². The lowest BCUT2D eigenvalue weighted by molar-refractivity contribution is 0.0934. The zero-order valence-electron chi connectivity index (χ0n) is 14.4. The maximum atomic E-state index is 12.8. The molecule has 2 aliphatic carbocycles. The third-order valence-electron chi connectivity index (χ3n) is 5.15. The summed E-state index contributed by atoms with van der Waals surface area (Å²) >= 11 is 0.